The van der Waals surface area contributed by atoms with Crippen molar-refractivity contribution in [2.75, 3.05) is 74.0 Å². The number of fused-ring (bicyclic) bond motifs is 2. The molecule has 7 rings (SSSR count). The minimum atomic E-state index is -3.20. The van der Waals surface area contributed by atoms with Crippen molar-refractivity contribution in [2.24, 2.45) is 5.10 Å². The Kier molecular flexibility index (Phi) is 8.79. The largest absolute Gasteiger partial charge is 0.378 e. The molecule has 5 heterocycles. The summed E-state index contributed by atoms with van der Waals surface area (Å²) >= 11 is 14.2. The maximum Gasteiger partial charge on any atom is 0.246 e. The van der Waals surface area contributed by atoms with Crippen molar-refractivity contribution in [3.05, 3.63) is 75.9 Å². The molecule has 0 bridgehead atoms. The Morgan fingerprint density at radius 3 is 2.54 bits per heavy atom. The summed E-state index contributed by atoms with van der Waals surface area (Å²) in [5.41, 5.74) is 6.86. The van der Waals surface area contributed by atoms with E-state index in [1.807, 2.05) is 24.3 Å². The lowest BCUT2D eigenvalue weighted by Gasteiger charge is -2.33. The minimum Gasteiger partial charge on any atom is -0.378 e. The van der Waals surface area contributed by atoms with Gasteiger partial charge >= 0.3 is 0 Å². The van der Waals surface area contributed by atoms with Gasteiger partial charge < -0.3 is 19.1 Å². The first-order valence-electron chi connectivity index (χ1n) is 14.9. The van der Waals surface area contributed by atoms with Crippen LogP contribution in [0.4, 0.5) is 16.8 Å². The van der Waals surface area contributed by atoms with Crippen molar-refractivity contribution in [1.82, 2.24) is 18.8 Å². The van der Waals surface area contributed by atoms with Crippen LogP contribution in [0.1, 0.15) is 11.1 Å². The predicted octanol–water partition coefficient (Wildman–Crippen LogP) is 5.37. The van der Waals surface area contributed by atoms with Crippen LogP contribution < -0.4 is 15.2 Å². The Labute approximate surface area is 281 Å². The first-order valence-corrected chi connectivity index (χ1v) is 18.3. The number of aromatic nitrogens is 3. The van der Waals surface area contributed by atoms with E-state index in [1.54, 1.807) is 23.6 Å². The highest BCUT2D eigenvalue weighted by Gasteiger charge is 2.26. The van der Waals surface area contributed by atoms with Crippen LogP contribution in [0, 0.1) is 0 Å². The molecule has 2 aliphatic rings. The number of thiophene rings is 1. The molecule has 0 aliphatic carbocycles. The number of benzene rings is 2. The number of rotatable bonds is 8. The third-order valence-corrected chi connectivity index (χ3v) is 11.3. The molecule has 2 aromatic carbocycles. The Hall–Kier alpha value is -3.46. The van der Waals surface area contributed by atoms with Gasteiger partial charge in [-0.3, -0.25) is 0 Å². The van der Waals surface area contributed by atoms with E-state index in [0.717, 1.165) is 56.2 Å². The lowest BCUT2D eigenvalue weighted by Crippen LogP contribution is -2.48. The molecule has 0 amide bonds. The van der Waals surface area contributed by atoms with Crippen LogP contribution in [-0.2, 0) is 21.3 Å². The SMILES string of the molecule is CS(=O)(=O)N1CCN(c2cc3nc(N/N=C/c4cn(Cc5ccc(Cl)cc5Cl)c5ccccc45)nc(N4CCOCC4)c3s2)CC1. The molecule has 2 aliphatic heterocycles. The molecule has 15 heteroatoms. The van der Waals surface area contributed by atoms with Gasteiger partial charge in [0, 0.05) is 78.5 Å². The number of anilines is 3. The van der Waals surface area contributed by atoms with Crippen molar-refractivity contribution >= 4 is 88.7 Å². The van der Waals surface area contributed by atoms with Crippen molar-refractivity contribution < 1.29 is 13.2 Å². The van der Waals surface area contributed by atoms with Crippen LogP contribution in [0.5, 0.6) is 0 Å². The van der Waals surface area contributed by atoms with Gasteiger partial charge in [0.1, 0.15) is 0 Å². The van der Waals surface area contributed by atoms with E-state index in [4.69, 9.17) is 37.9 Å². The number of nitrogens with zero attached hydrogens (tertiary/aromatic N) is 7. The van der Waals surface area contributed by atoms with Crippen LogP contribution in [0.3, 0.4) is 0 Å². The van der Waals surface area contributed by atoms with E-state index in [1.165, 1.54) is 10.6 Å². The first kappa shape index (κ1) is 31.2. The Morgan fingerprint density at radius 1 is 1.00 bits per heavy atom. The van der Waals surface area contributed by atoms with Crippen LogP contribution in [0.15, 0.2) is 59.8 Å². The number of morpholine rings is 1. The number of sulfonamides is 1. The van der Waals surface area contributed by atoms with Gasteiger partial charge in [-0.25, -0.2) is 18.8 Å². The highest BCUT2D eigenvalue weighted by Crippen LogP contribution is 2.38. The number of hydrogen-bond acceptors (Lipinski definition) is 10. The second kappa shape index (κ2) is 13.0. The predicted molar refractivity (Wildman–Crippen MR) is 188 cm³/mol. The monoisotopic (exact) mass is 698 g/mol. The molecule has 3 aromatic heterocycles. The number of nitrogens with one attached hydrogen (secondary N) is 1. The van der Waals surface area contributed by atoms with Crippen molar-refractivity contribution in [2.45, 2.75) is 6.54 Å². The van der Waals surface area contributed by atoms with Gasteiger partial charge in [-0.05, 0) is 29.8 Å². The zero-order valence-electron chi connectivity index (χ0n) is 25.1. The molecule has 11 nitrogen and oxygen atoms in total. The van der Waals surface area contributed by atoms with E-state index < -0.39 is 10.0 Å². The summed E-state index contributed by atoms with van der Waals surface area (Å²) in [5.74, 6) is 1.24. The second-order valence-corrected chi connectivity index (χ2v) is 15.1. The van der Waals surface area contributed by atoms with Crippen LogP contribution in [0.2, 0.25) is 10.0 Å². The van der Waals surface area contributed by atoms with Gasteiger partial charge in [0.25, 0.3) is 0 Å². The van der Waals surface area contributed by atoms with E-state index >= 15 is 0 Å². The molecule has 1 N–H and O–H groups in total. The zero-order valence-corrected chi connectivity index (χ0v) is 28.2. The van der Waals surface area contributed by atoms with Gasteiger partial charge in [0.2, 0.25) is 16.0 Å². The zero-order chi connectivity index (χ0) is 31.8. The molecule has 5 aromatic rings. The fourth-order valence-corrected chi connectivity index (χ4v) is 8.30. The maximum absolute atomic E-state index is 12.0. The molecule has 2 fully saturated rings. The third kappa shape index (κ3) is 6.53. The highest BCUT2D eigenvalue weighted by molar-refractivity contribution is 7.88. The number of halogens is 2. The number of hydrazone groups is 1. The summed E-state index contributed by atoms with van der Waals surface area (Å²) in [6.07, 6.45) is 5.10. The van der Waals surface area contributed by atoms with Gasteiger partial charge in [0.15, 0.2) is 5.82 Å². The lowest BCUT2D eigenvalue weighted by atomic mass is 10.2. The lowest BCUT2D eigenvalue weighted by molar-refractivity contribution is 0.122. The van der Waals surface area contributed by atoms with E-state index in [-0.39, 0.29) is 0 Å². The average molecular weight is 700 g/mol. The molecule has 46 heavy (non-hydrogen) atoms. The van der Waals surface area contributed by atoms with Gasteiger partial charge in [-0.2, -0.15) is 14.4 Å². The molecule has 0 saturated carbocycles. The summed E-state index contributed by atoms with van der Waals surface area (Å²) in [5, 5.41) is 7.89. The quantitative estimate of drug-likeness (QED) is 0.170. The summed E-state index contributed by atoms with van der Waals surface area (Å²) in [6.45, 7) is 5.45. The van der Waals surface area contributed by atoms with Crippen LogP contribution in [-0.4, -0.2) is 92.2 Å². The Morgan fingerprint density at radius 2 is 1.78 bits per heavy atom. The van der Waals surface area contributed by atoms with Gasteiger partial charge in [-0.15, -0.1) is 11.3 Å². The first-order chi connectivity index (χ1) is 22.2. The molecule has 2 saturated heterocycles. The summed E-state index contributed by atoms with van der Waals surface area (Å²) in [7, 11) is -3.20. The second-order valence-electron chi connectivity index (χ2n) is 11.3. The molecule has 0 spiro atoms. The normalized spacial score (nSPS) is 16.7. The maximum atomic E-state index is 12.0. The molecular formula is C31H32Cl2N8O3S2. The summed E-state index contributed by atoms with van der Waals surface area (Å²) in [6, 6.07) is 15.8. The number of hydrogen-bond donors (Lipinski definition) is 1. The number of piperazine rings is 1. The number of ether oxygens (including phenoxy) is 1. The standard InChI is InChI=1S/C31H32Cl2N8O3S2/c1-46(42,43)41-10-8-38(9-11-41)28-17-26-29(45-28)30(39-12-14-44-15-13-39)36-31(35-26)37-34-18-22-20-40(27-5-3-2-4-24(22)27)19-21-6-7-23(32)16-25(21)33/h2-7,16-18,20H,8-15,19H2,1H3,(H,35,36,37)/b34-18+. The Balaban J connectivity index is 1.16. The molecule has 0 unspecified atom stereocenters. The molecule has 240 valence electrons. The number of para-hydroxylation sites is 1. The van der Waals surface area contributed by atoms with Crippen molar-refractivity contribution in [3.8, 4) is 0 Å². The smallest absolute Gasteiger partial charge is 0.246 e. The molecular weight excluding hydrogens is 667 g/mol. The fraction of sp³-hybridized carbons (Fsp3) is 0.323. The molecule has 0 atom stereocenters. The molecule has 0 radical (unpaired) electrons. The van der Waals surface area contributed by atoms with Crippen LogP contribution in [0.25, 0.3) is 21.1 Å². The van der Waals surface area contributed by atoms with Crippen molar-refractivity contribution in [3.63, 3.8) is 0 Å². The van der Waals surface area contributed by atoms with Crippen molar-refractivity contribution in [1.29, 1.82) is 0 Å². The van der Waals surface area contributed by atoms with E-state index in [2.05, 4.69) is 49.3 Å². The summed E-state index contributed by atoms with van der Waals surface area (Å²) < 4.78 is 34.3. The fourth-order valence-electron chi connectivity index (χ4n) is 5.84. The minimum absolute atomic E-state index is 0.396. The van der Waals surface area contributed by atoms with E-state index in [9.17, 15) is 8.42 Å². The van der Waals surface area contributed by atoms with Gasteiger partial charge in [-0.1, -0.05) is 47.5 Å². The summed E-state index contributed by atoms with van der Waals surface area (Å²) in [4.78, 5) is 14.2. The third-order valence-electron chi connectivity index (χ3n) is 8.21. The Bertz CT molecular complexity index is 2030. The van der Waals surface area contributed by atoms with Crippen LogP contribution >= 0.6 is 34.5 Å². The average Bonchev–Trinajstić information content (AvgIpc) is 3.64. The topological polar surface area (TPSA) is 108 Å². The highest BCUT2D eigenvalue weighted by atomic mass is 35.5. The van der Waals surface area contributed by atoms with E-state index in [0.29, 0.717) is 61.9 Å². The van der Waals surface area contributed by atoms with Gasteiger partial charge in [0.05, 0.1) is 40.9 Å².